The van der Waals surface area contributed by atoms with Gasteiger partial charge in [0.05, 0.1) is 11.2 Å². The summed E-state index contributed by atoms with van der Waals surface area (Å²) in [5.41, 5.74) is 6.10. The van der Waals surface area contributed by atoms with Gasteiger partial charge in [-0.2, -0.15) is 5.10 Å². The van der Waals surface area contributed by atoms with E-state index in [2.05, 4.69) is 47.4 Å². The molecule has 0 spiro atoms. The van der Waals surface area contributed by atoms with Crippen molar-refractivity contribution < 1.29 is 4.74 Å². The van der Waals surface area contributed by atoms with Crippen LogP contribution in [0.2, 0.25) is 0 Å². The zero-order chi connectivity index (χ0) is 21.0. The van der Waals surface area contributed by atoms with Crippen molar-refractivity contribution in [2.24, 2.45) is 0 Å². The Morgan fingerprint density at radius 1 is 0.839 bits per heavy atom. The molecule has 0 atom stereocenters. The minimum Gasteiger partial charge on any atom is -0.487 e. The minimum atomic E-state index is 0.431. The maximum absolute atomic E-state index is 5.98. The fourth-order valence-electron chi connectivity index (χ4n) is 3.59. The van der Waals surface area contributed by atoms with E-state index in [1.807, 2.05) is 53.2 Å². The first kappa shape index (κ1) is 19.0. The molecule has 0 amide bonds. The first-order chi connectivity index (χ1) is 15.3. The zero-order valence-electron chi connectivity index (χ0n) is 17.3. The van der Waals surface area contributed by atoms with Crippen LogP contribution in [0.4, 0.5) is 0 Å². The van der Waals surface area contributed by atoms with Gasteiger partial charge >= 0.3 is 0 Å². The van der Waals surface area contributed by atoms with Gasteiger partial charge in [-0.25, -0.2) is 4.98 Å². The summed E-state index contributed by atoms with van der Waals surface area (Å²) in [5.74, 6) is 0.812. The van der Waals surface area contributed by atoms with Crippen molar-refractivity contribution in [2.45, 2.75) is 20.1 Å². The van der Waals surface area contributed by atoms with Gasteiger partial charge < -0.3 is 4.74 Å². The first-order valence-electron chi connectivity index (χ1n) is 10.4. The number of aryl methyl sites for hydroxylation is 1. The van der Waals surface area contributed by atoms with Gasteiger partial charge in [0.15, 0.2) is 0 Å². The molecule has 2 aromatic carbocycles. The highest BCUT2D eigenvalue weighted by atomic mass is 16.5. The standard InChI is InChI=1S/C26H22N4O/c1-2-30-17-24(26(29-30)21-13-15-27-16-14-21)19-8-11-23(12-9-19)31-18-22-10-7-20-5-3-4-6-25(20)28-22/h3-17H,2,18H2,1H3. The third-order valence-corrected chi connectivity index (χ3v) is 5.25. The second kappa shape index (κ2) is 8.40. The number of benzene rings is 2. The molecule has 0 aliphatic heterocycles. The van der Waals surface area contributed by atoms with Crippen molar-refractivity contribution in [3.63, 3.8) is 0 Å². The lowest BCUT2D eigenvalue weighted by Crippen LogP contribution is -1.98. The molecule has 152 valence electrons. The number of pyridine rings is 2. The Balaban J connectivity index is 1.36. The molecule has 0 unspecified atom stereocenters. The maximum Gasteiger partial charge on any atom is 0.130 e. The SMILES string of the molecule is CCn1cc(-c2ccc(OCc3ccc4ccccc4n3)cc2)c(-c2ccncc2)n1. The van der Waals surface area contributed by atoms with E-state index in [9.17, 15) is 0 Å². The Hall–Kier alpha value is -3.99. The average Bonchev–Trinajstić information content (AvgIpc) is 3.28. The van der Waals surface area contributed by atoms with Crippen molar-refractivity contribution in [3.05, 3.63) is 97.1 Å². The van der Waals surface area contributed by atoms with Crippen LogP contribution >= 0.6 is 0 Å². The van der Waals surface area contributed by atoms with E-state index in [-0.39, 0.29) is 0 Å². The van der Waals surface area contributed by atoms with Crippen molar-refractivity contribution in [1.82, 2.24) is 19.7 Å². The average molecular weight is 406 g/mol. The van der Waals surface area contributed by atoms with E-state index >= 15 is 0 Å². The van der Waals surface area contributed by atoms with Crippen LogP contribution in [0.15, 0.2) is 91.4 Å². The Kier molecular flexibility index (Phi) is 5.15. The fraction of sp³-hybridized carbons (Fsp3) is 0.115. The van der Waals surface area contributed by atoms with Gasteiger partial charge in [0, 0.05) is 41.6 Å². The molecule has 5 nitrogen and oxygen atoms in total. The number of hydrogen-bond donors (Lipinski definition) is 0. The summed E-state index contributed by atoms with van der Waals surface area (Å²) < 4.78 is 7.94. The molecule has 5 aromatic rings. The number of ether oxygens (including phenoxy) is 1. The van der Waals surface area contributed by atoms with Crippen LogP contribution in [-0.4, -0.2) is 19.7 Å². The highest BCUT2D eigenvalue weighted by Gasteiger charge is 2.13. The molecule has 5 rings (SSSR count). The van der Waals surface area contributed by atoms with Crippen LogP contribution in [0.5, 0.6) is 5.75 Å². The molecule has 0 saturated heterocycles. The molecule has 0 aliphatic rings. The van der Waals surface area contributed by atoms with E-state index in [4.69, 9.17) is 9.84 Å². The van der Waals surface area contributed by atoms with Gasteiger partial charge in [0.1, 0.15) is 18.1 Å². The summed E-state index contributed by atoms with van der Waals surface area (Å²) in [4.78, 5) is 8.79. The number of rotatable bonds is 6. The van der Waals surface area contributed by atoms with Gasteiger partial charge in [-0.3, -0.25) is 9.67 Å². The van der Waals surface area contributed by atoms with Gasteiger partial charge in [0.2, 0.25) is 0 Å². The number of hydrogen-bond acceptors (Lipinski definition) is 4. The maximum atomic E-state index is 5.98. The van der Waals surface area contributed by atoms with E-state index < -0.39 is 0 Å². The molecule has 0 radical (unpaired) electrons. The molecular weight excluding hydrogens is 384 g/mol. The normalized spacial score (nSPS) is 11.0. The fourth-order valence-corrected chi connectivity index (χ4v) is 3.59. The largest absolute Gasteiger partial charge is 0.487 e. The molecule has 5 heteroatoms. The Bertz CT molecular complexity index is 1310. The van der Waals surface area contributed by atoms with Gasteiger partial charge in [-0.05, 0) is 48.9 Å². The van der Waals surface area contributed by atoms with Crippen LogP contribution in [0.25, 0.3) is 33.3 Å². The summed E-state index contributed by atoms with van der Waals surface area (Å²) >= 11 is 0. The summed E-state index contributed by atoms with van der Waals surface area (Å²) in [6.07, 6.45) is 5.67. The molecule has 3 aromatic heterocycles. The predicted octanol–water partition coefficient (Wildman–Crippen LogP) is 5.76. The van der Waals surface area contributed by atoms with Gasteiger partial charge in [-0.15, -0.1) is 0 Å². The summed E-state index contributed by atoms with van der Waals surface area (Å²) in [6, 6.07) is 24.3. The molecule has 0 saturated carbocycles. The van der Waals surface area contributed by atoms with Gasteiger partial charge in [0.25, 0.3) is 0 Å². The van der Waals surface area contributed by atoms with Crippen LogP contribution in [0, 0.1) is 0 Å². The summed E-state index contributed by atoms with van der Waals surface area (Å²) in [5, 5.41) is 5.88. The van der Waals surface area contributed by atoms with Crippen molar-refractivity contribution in [1.29, 1.82) is 0 Å². The van der Waals surface area contributed by atoms with Crippen LogP contribution in [-0.2, 0) is 13.2 Å². The molecule has 0 aliphatic carbocycles. The van der Waals surface area contributed by atoms with E-state index in [0.29, 0.717) is 6.61 Å². The summed E-state index contributed by atoms with van der Waals surface area (Å²) in [6.45, 7) is 3.34. The predicted molar refractivity (Wildman–Crippen MR) is 123 cm³/mol. The Morgan fingerprint density at radius 3 is 2.45 bits per heavy atom. The second-order valence-electron chi connectivity index (χ2n) is 7.29. The van der Waals surface area contributed by atoms with Crippen LogP contribution < -0.4 is 4.74 Å². The molecule has 0 N–H and O–H groups in total. The third-order valence-electron chi connectivity index (χ3n) is 5.25. The lowest BCUT2D eigenvalue weighted by Gasteiger charge is -2.08. The highest BCUT2D eigenvalue weighted by Crippen LogP contribution is 2.32. The highest BCUT2D eigenvalue weighted by molar-refractivity contribution is 5.80. The van der Waals surface area contributed by atoms with Crippen LogP contribution in [0.3, 0.4) is 0 Å². The summed E-state index contributed by atoms with van der Waals surface area (Å²) in [7, 11) is 0. The van der Waals surface area contributed by atoms with E-state index in [0.717, 1.165) is 51.3 Å². The first-order valence-corrected chi connectivity index (χ1v) is 10.4. The molecule has 3 heterocycles. The lowest BCUT2D eigenvalue weighted by atomic mass is 10.0. The van der Waals surface area contributed by atoms with Crippen molar-refractivity contribution >= 4 is 10.9 Å². The number of nitrogens with zero attached hydrogens (tertiary/aromatic N) is 4. The molecular formula is C26H22N4O. The van der Waals surface area contributed by atoms with Gasteiger partial charge in [-0.1, -0.05) is 36.4 Å². The number of aromatic nitrogens is 4. The Labute approximate surface area is 181 Å². The number of para-hydroxylation sites is 1. The van der Waals surface area contributed by atoms with Crippen molar-refractivity contribution in [2.75, 3.05) is 0 Å². The van der Waals surface area contributed by atoms with E-state index in [1.165, 1.54) is 0 Å². The minimum absolute atomic E-state index is 0.431. The zero-order valence-corrected chi connectivity index (χ0v) is 17.3. The Morgan fingerprint density at radius 2 is 1.65 bits per heavy atom. The molecule has 0 fully saturated rings. The number of fused-ring (bicyclic) bond motifs is 1. The molecule has 31 heavy (non-hydrogen) atoms. The van der Waals surface area contributed by atoms with Crippen LogP contribution in [0.1, 0.15) is 12.6 Å². The quantitative estimate of drug-likeness (QED) is 0.360. The van der Waals surface area contributed by atoms with E-state index in [1.54, 1.807) is 12.4 Å². The monoisotopic (exact) mass is 406 g/mol. The second-order valence-corrected chi connectivity index (χ2v) is 7.29. The molecule has 0 bridgehead atoms. The third kappa shape index (κ3) is 4.03. The lowest BCUT2D eigenvalue weighted by molar-refractivity contribution is 0.302. The van der Waals surface area contributed by atoms with Crippen molar-refractivity contribution in [3.8, 4) is 28.1 Å². The smallest absolute Gasteiger partial charge is 0.130 e. The topological polar surface area (TPSA) is 52.8 Å².